The van der Waals surface area contributed by atoms with Gasteiger partial charge in [0.1, 0.15) is 0 Å². The van der Waals surface area contributed by atoms with Crippen molar-refractivity contribution in [2.75, 3.05) is 0 Å². The van der Waals surface area contributed by atoms with Crippen LogP contribution in [0.5, 0.6) is 0 Å². The Bertz CT molecular complexity index is 481. The van der Waals surface area contributed by atoms with E-state index in [0.717, 1.165) is 28.6 Å². The van der Waals surface area contributed by atoms with E-state index >= 15 is 0 Å². The summed E-state index contributed by atoms with van der Waals surface area (Å²) >= 11 is 5.17. The monoisotopic (exact) mass is 390 g/mol. The molecule has 0 bridgehead atoms. The number of aliphatic hydroxyl groups is 1. The molecule has 120 valence electrons. The van der Waals surface area contributed by atoms with Crippen LogP contribution in [-0.2, 0) is 4.43 Å². The van der Waals surface area contributed by atoms with Crippen LogP contribution in [0, 0.1) is 5.92 Å². The van der Waals surface area contributed by atoms with E-state index in [-0.39, 0.29) is 17.1 Å². The molecular weight excluding hydrogens is 364 g/mol. The van der Waals surface area contributed by atoms with Gasteiger partial charge in [-0.05, 0) is 58.4 Å². The summed E-state index contributed by atoms with van der Waals surface area (Å²) in [6.07, 6.45) is 3.10. The quantitative estimate of drug-likeness (QED) is 0.664. The van der Waals surface area contributed by atoms with Gasteiger partial charge in [0, 0.05) is 15.3 Å². The zero-order valence-corrected chi connectivity index (χ0v) is 17.1. The normalized spacial score (nSPS) is 25.3. The minimum Gasteiger partial charge on any atom is -0.414 e. The van der Waals surface area contributed by atoms with Gasteiger partial charge in [-0.15, -0.1) is 11.3 Å². The molecule has 3 atom stereocenters. The van der Waals surface area contributed by atoms with Crippen molar-refractivity contribution in [3.63, 3.8) is 0 Å². The number of hydrogen-bond donors (Lipinski definition) is 1. The largest absolute Gasteiger partial charge is 0.414 e. The highest BCUT2D eigenvalue weighted by molar-refractivity contribution is 9.10. The van der Waals surface area contributed by atoms with Gasteiger partial charge in [0.25, 0.3) is 0 Å². The van der Waals surface area contributed by atoms with E-state index in [4.69, 9.17) is 4.43 Å². The van der Waals surface area contributed by atoms with E-state index in [2.05, 4.69) is 49.8 Å². The molecule has 2 rings (SSSR count). The summed E-state index contributed by atoms with van der Waals surface area (Å²) < 4.78 is 7.63. The summed E-state index contributed by atoms with van der Waals surface area (Å²) in [6, 6.07) is 2.02. The molecule has 5 heteroatoms. The van der Waals surface area contributed by atoms with E-state index in [1.54, 1.807) is 11.3 Å². The van der Waals surface area contributed by atoms with Crippen molar-refractivity contribution in [3.05, 3.63) is 20.8 Å². The second-order valence-electron chi connectivity index (χ2n) is 7.59. The van der Waals surface area contributed by atoms with E-state index in [9.17, 15) is 5.11 Å². The number of rotatable bonds is 4. The molecule has 1 aliphatic rings. The smallest absolute Gasteiger partial charge is 0.192 e. The summed E-state index contributed by atoms with van der Waals surface area (Å²) in [7, 11) is -1.78. The highest BCUT2D eigenvalue weighted by Crippen LogP contribution is 2.45. The minimum atomic E-state index is -1.78. The fourth-order valence-corrected chi connectivity index (χ4v) is 5.80. The van der Waals surface area contributed by atoms with Crippen LogP contribution in [0.15, 0.2) is 15.9 Å². The number of aliphatic hydroxyl groups excluding tert-OH is 1. The average Bonchev–Trinajstić information content (AvgIpc) is 2.95. The van der Waals surface area contributed by atoms with Gasteiger partial charge in [-0.25, -0.2) is 0 Å². The van der Waals surface area contributed by atoms with Crippen LogP contribution >= 0.6 is 27.3 Å². The Morgan fingerprint density at radius 2 is 2.05 bits per heavy atom. The highest BCUT2D eigenvalue weighted by atomic mass is 79.9. The van der Waals surface area contributed by atoms with Crippen molar-refractivity contribution in [1.29, 1.82) is 0 Å². The summed E-state index contributed by atoms with van der Waals surface area (Å²) in [6.45, 7) is 11.4. The van der Waals surface area contributed by atoms with Crippen molar-refractivity contribution in [2.24, 2.45) is 5.92 Å². The predicted molar refractivity (Wildman–Crippen MR) is 96.4 cm³/mol. The Balaban J connectivity index is 2.12. The summed E-state index contributed by atoms with van der Waals surface area (Å²) in [5.74, 6) is 0.231. The Morgan fingerprint density at radius 3 is 2.57 bits per heavy atom. The SMILES string of the molecule is CC(C)(C)[Si](C)(C)OC1CCCC1C(O)c1sccc1Br. The standard InChI is InChI=1S/C16H27BrO2SSi/c1-16(2,3)21(4,5)19-13-8-6-7-11(13)14(18)15-12(17)9-10-20-15/h9-11,13-14,18H,6-8H2,1-5H3. The van der Waals surface area contributed by atoms with Crippen molar-refractivity contribution in [2.45, 2.75) is 70.4 Å². The highest BCUT2D eigenvalue weighted by Gasteiger charge is 2.43. The maximum Gasteiger partial charge on any atom is 0.192 e. The first kappa shape index (κ1) is 17.7. The lowest BCUT2D eigenvalue weighted by Crippen LogP contribution is -2.45. The molecule has 1 fully saturated rings. The molecule has 0 aliphatic heterocycles. The lowest BCUT2D eigenvalue weighted by molar-refractivity contribution is 0.0381. The van der Waals surface area contributed by atoms with Gasteiger partial charge in [0.05, 0.1) is 12.2 Å². The molecule has 0 spiro atoms. The Kier molecular flexibility index (Phi) is 5.42. The third kappa shape index (κ3) is 3.81. The van der Waals surface area contributed by atoms with Crippen molar-refractivity contribution in [3.8, 4) is 0 Å². The molecule has 21 heavy (non-hydrogen) atoms. The van der Waals surface area contributed by atoms with Crippen LogP contribution in [0.2, 0.25) is 18.1 Å². The van der Waals surface area contributed by atoms with Gasteiger partial charge in [0.2, 0.25) is 0 Å². The third-order valence-corrected chi connectivity index (χ3v) is 11.5. The Morgan fingerprint density at radius 1 is 1.38 bits per heavy atom. The van der Waals surface area contributed by atoms with E-state index in [1.165, 1.54) is 0 Å². The van der Waals surface area contributed by atoms with E-state index < -0.39 is 14.4 Å². The first-order valence-electron chi connectivity index (χ1n) is 7.72. The summed E-state index contributed by atoms with van der Waals surface area (Å²) in [4.78, 5) is 1.05. The molecule has 1 N–H and O–H groups in total. The lowest BCUT2D eigenvalue weighted by Gasteiger charge is -2.40. The maximum atomic E-state index is 10.8. The molecule has 0 saturated heterocycles. The van der Waals surface area contributed by atoms with Gasteiger partial charge in [-0.2, -0.15) is 0 Å². The number of hydrogen-bond acceptors (Lipinski definition) is 3. The first-order chi connectivity index (χ1) is 9.63. The van der Waals surface area contributed by atoms with Gasteiger partial charge < -0.3 is 9.53 Å². The van der Waals surface area contributed by atoms with Crippen molar-refractivity contribution < 1.29 is 9.53 Å². The molecule has 3 unspecified atom stereocenters. The molecule has 1 aromatic heterocycles. The second kappa shape index (κ2) is 6.44. The molecular formula is C16H27BrO2SSi. The molecule has 1 heterocycles. The van der Waals surface area contributed by atoms with Crippen LogP contribution in [0.1, 0.15) is 51.0 Å². The van der Waals surface area contributed by atoms with Gasteiger partial charge >= 0.3 is 0 Å². The van der Waals surface area contributed by atoms with Gasteiger partial charge in [-0.3, -0.25) is 0 Å². The molecule has 0 aromatic carbocycles. The Labute approximate surface area is 142 Å². The van der Waals surface area contributed by atoms with Crippen molar-refractivity contribution >= 4 is 35.6 Å². The minimum absolute atomic E-state index is 0.204. The van der Waals surface area contributed by atoms with E-state index in [0.29, 0.717) is 0 Å². The summed E-state index contributed by atoms with van der Waals surface area (Å²) in [5, 5.41) is 13.0. The molecule has 0 radical (unpaired) electrons. The van der Waals surface area contributed by atoms with Crippen LogP contribution in [0.3, 0.4) is 0 Å². The van der Waals surface area contributed by atoms with E-state index in [1.807, 2.05) is 11.4 Å². The fraction of sp³-hybridized carbons (Fsp3) is 0.750. The zero-order chi connectivity index (χ0) is 15.8. The molecule has 1 aromatic rings. The third-order valence-electron chi connectivity index (χ3n) is 5.07. The first-order valence-corrected chi connectivity index (χ1v) is 12.3. The fourth-order valence-electron chi connectivity index (χ4n) is 2.73. The number of thiophene rings is 1. The molecule has 2 nitrogen and oxygen atoms in total. The second-order valence-corrected chi connectivity index (χ2v) is 14.1. The van der Waals surface area contributed by atoms with Crippen molar-refractivity contribution in [1.82, 2.24) is 0 Å². The topological polar surface area (TPSA) is 29.5 Å². The van der Waals surface area contributed by atoms with Crippen LogP contribution in [-0.4, -0.2) is 19.5 Å². The number of halogens is 1. The molecule has 1 saturated carbocycles. The van der Waals surface area contributed by atoms with Gasteiger partial charge in [0.15, 0.2) is 8.32 Å². The summed E-state index contributed by atoms with van der Waals surface area (Å²) in [5.41, 5.74) is 0. The van der Waals surface area contributed by atoms with Crippen LogP contribution < -0.4 is 0 Å². The van der Waals surface area contributed by atoms with Gasteiger partial charge in [-0.1, -0.05) is 27.2 Å². The Hall–Kier alpha value is 0.317. The molecule has 1 aliphatic carbocycles. The maximum absolute atomic E-state index is 10.8. The lowest BCUT2D eigenvalue weighted by atomic mass is 9.97. The zero-order valence-electron chi connectivity index (χ0n) is 13.6. The predicted octanol–water partition coefficient (Wildman–Crippen LogP) is 5.73. The average molecular weight is 391 g/mol. The van der Waals surface area contributed by atoms with Crippen LogP contribution in [0.25, 0.3) is 0 Å². The molecule has 0 amide bonds. The van der Waals surface area contributed by atoms with Crippen LogP contribution in [0.4, 0.5) is 0 Å².